The molecule has 0 aliphatic carbocycles. The Hall–Kier alpha value is -1.85. The SMILES string of the molecule is CCc1nccn1CC(=O)NC(N)=O. The van der Waals surface area contributed by atoms with E-state index in [0.717, 1.165) is 12.2 Å². The van der Waals surface area contributed by atoms with Crippen molar-refractivity contribution in [3.8, 4) is 0 Å². The molecule has 0 bridgehead atoms. The first-order chi connectivity index (χ1) is 6.63. The molecule has 1 heterocycles. The number of aryl methyl sites for hydroxylation is 1. The minimum atomic E-state index is -0.840. The number of hydrogen-bond acceptors (Lipinski definition) is 3. The van der Waals surface area contributed by atoms with Crippen LogP contribution in [0.25, 0.3) is 0 Å². The highest BCUT2D eigenvalue weighted by atomic mass is 16.2. The Bertz CT molecular complexity index is 345. The minimum absolute atomic E-state index is 0.0616. The van der Waals surface area contributed by atoms with Gasteiger partial charge in [0, 0.05) is 18.8 Å². The molecule has 1 rings (SSSR count). The number of carbonyl (C=O) groups is 2. The Kier molecular flexibility index (Phi) is 3.22. The number of carbonyl (C=O) groups excluding carboxylic acids is 2. The molecule has 0 saturated carbocycles. The molecule has 0 fully saturated rings. The Morgan fingerprint density at radius 1 is 1.64 bits per heavy atom. The summed E-state index contributed by atoms with van der Waals surface area (Å²) in [6, 6.07) is -0.840. The first kappa shape index (κ1) is 10.2. The van der Waals surface area contributed by atoms with Gasteiger partial charge >= 0.3 is 6.03 Å². The number of hydrogen-bond donors (Lipinski definition) is 2. The van der Waals surface area contributed by atoms with Gasteiger partial charge in [-0.2, -0.15) is 0 Å². The first-order valence-corrected chi connectivity index (χ1v) is 4.22. The Labute approximate surface area is 81.1 Å². The number of nitrogens with one attached hydrogen (secondary N) is 1. The molecule has 1 aromatic heterocycles. The van der Waals surface area contributed by atoms with Gasteiger partial charge in [0.25, 0.3) is 0 Å². The van der Waals surface area contributed by atoms with E-state index in [-0.39, 0.29) is 6.54 Å². The molecule has 14 heavy (non-hydrogen) atoms. The second kappa shape index (κ2) is 4.40. The molecule has 76 valence electrons. The summed E-state index contributed by atoms with van der Waals surface area (Å²) in [5.74, 6) is 0.356. The number of rotatable bonds is 3. The van der Waals surface area contributed by atoms with Gasteiger partial charge in [-0.1, -0.05) is 6.92 Å². The first-order valence-electron chi connectivity index (χ1n) is 4.22. The molecule has 6 nitrogen and oxygen atoms in total. The van der Waals surface area contributed by atoms with Crippen LogP contribution in [0.3, 0.4) is 0 Å². The van der Waals surface area contributed by atoms with E-state index in [9.17, 15) is 9.59 Å². The van der Waals surface area contributed by atoms with Crippen LogP contribution >= 0.6 is 0 Å². The number of imide groups is 1. The van der Waals surface area contributed by atoms with E-state index >= 15 is 0 Å². The van der Waals surface area contributed by atoms with Gasteiger partial charge in [0.15, 0.2) is 0 Å². The molecule has 3 N–H and O–H groups in total. The molecule has 0 aliphatic rings. The number of nitrogens with two attached hydrogens (primary N) is 1. The largest absolute Gasteiger partial charge is 0.351 e. The summed E-state index contributed by atoms with van der Waals surface area (Å²) in [7, 11) is 0. The van der Waals surface area contributed by atoms with Gasteiger partial charge in [-0.25, -0.2) is 9.78 Å². The van der Waals surface area contributed by atoms with Crippen LogP contribution in [0.4, 0.5) is 4.79 Å². The number of nitrogens with zero attached hydrogens (tertiary/aromatic N) is 2. The normalized spacial score (nSPS) is 9.79. The zero-order valence-corrected chi connectivity index (χ0v) is 7.86. The van der Waals surface area contributed by atoms with Crippen molar-refractivity contribution in [1.82, 2.24) is 14.9 Å². The molecule has 3 amide bonds. The van der Waals surface area contributed by atoms with Gasteiger partial charge in [0.1, 0.15) is 12.4 Å². The standard InChI is InChI=1S/C8H12N4O2/c1-2-6-10-3-4-12(6)5-7(13)11-8(9)14/h3-4H,2,5H2,1H3,(H3,9,11,13,14). The van der Waals surface area contributed by atoms with Crippen LogP contribution in [0.1, 0.15) is 12.7 Å². The molecular formula is C8H12N4O2. The summed E-state index contributed by atoms with van der Waals surface area (Å²) >= 11 is 0. The third-order valence-electron chi connectivity index (χ3n) is 1.69. The van der Waals surface area contributed by atoms with Crippen molar-refractivity contribution < 1.29 is 9.59 Å². The quantitative estimate of drug-likeness (QED) is 0.691. The zero-order chi connectivity index (χ0) is 10.6. The van der Waals surface area contributed by atoms with E-state index in [4.69, 9.17) is 5.73 Å². The fourth-order valence-electron chi connectivity index (χ4n) is 1.13. The maximum absolute atomic E-state index is 11.1. The summed E-state index contributed by atoms with van der Waals surface area (Å²) in [6.07, 6.45) is 4.02. The lowest BCUT2D eigenvalue weighted by molar-refractivity contribution is -0.120. The second-order valence-corrected chi connectivity index (χ2v) is 2.74. The van der Waals surface area contributed by atoms with E-state index in [1.807, 2.05) is 12.2 Å². The number of aromatic nitrogens is 2. The molecule has 0 unspecified atom stereocenters. The van der Waals surface area contributed by atoms with Crippen LogP contribution < -0.4 is 11.1 Å². The van der Waals surface area contributed by atoms with Crippen LogP contribution in [0.15, 0.2) is 12.4 Å². The number of amides is 3. The maximum atomic E-state index is 11.1. The van der Waals surface area contributed by atoms with Crippen molar-refractivity contribution in [2.75, 3.05) is 0 Å². The lowest BCUT2D eigenvalue weighted by atomic mass is 10.4. The van der Waals surface area contributed by atoms with Crippen molar-refractivity contribution in [3.05, 3.63) is 18.2 Å². The average Bonchev–Trinajstić information content (AvgIpc) is 2.50. The maximum Gasteiger partial charge on any atom is 0.318 e. The highest BCUT2D eigenvalue weighted by Gasteiger charge is 2.07. The topological polar surface area (TPSA) is 90.0 Å². The lowest BCUT2D eigenvalue weighted by Gasteiger charge is -2.04. The molecule has 0 aromatic carbocycles. The zero-order valence-electron chi connectivity index (χ0n) is 7.86. The predicted molar refractivity (Wildman–Crippen MR) is 49.3 cm³/mol. The van der Waals surface area contributed by atoms with Crippen molar-refractivity contribution in [1.29, 1.82) is 0 Å². The van der Waals surface area contributed by atoms with Crippen LogP contribution in [-0.2, 0) is 17.8 Å². The molecule has 0 saturated heterocycles. The fourth-order valence-corrected chi connectivity index (χ4v) is 1.13. The second-order valence-electron chi connectivity index (χ2n) is 2.74. The van der Waals surface area contributed by atoms with Crippen LogP contribution in [0, 0.1) is 0 Å². The summed E-state index contributed by atoms with van der Waals surface area (Å²) in [4.78, 5) is 25.5. The van der Waals surface area contributed by atoms with Gasteiger partial charge < -0.3 is 10.3 Å². The molecule has 0 radical (unpaired) electrons. The smallest absolute Gasteiger partial charge is 0.318 e. The van der Waals surface area contributed by atoms with E-state index < -0.39 is 11.9 Å². The van der Waals surface area contributed by atoms with E-state index in [1.165, 1.54) is 0 Å². The molecular weight excluding hydrogens is 184 g/mol. The van der Waals surface area contributed by atoms with E-state index in [0.29, 0.717) is 0 Å². The lowest BCUT2D eigenvalue weighted by Crippen LogP contribution is -2.37. The third kappa shape index (κ3) is 2.58. The third-order valence-corrected chi connectivity index (χ3v) is 1.69. The van der Waals surface area contributed by atoms with Gasteiger partial charge in [0.05, 0.1) is 0 Å². The highest BCUT2D eigenvalue weighted by molar-refractivity contribution is 5.93. The minimum Gasteiger partial charge on any atom is -0.351 e. The van der Waals surface area contributed by atoms with Crippen molar-refractivity contribution in [2.24, 2.45) is 5.73 Å². The molecule has 0 spiro atoms. The monoisotopic (exact) mass is 196 g/mol. The molecule has 0 aliphatic heterocycles. The Morgan fingerprint density at radius 2 is 2.36 bits per heavy atom. The summed E-state index contributed by atoms with van der Waals surface area (Å²) in [6.45, 7) is 2.00. The Morgan fingerprint density at radius 3 is 2.93 bits per heavy atom. The highest BCUT2D eigenvalue weighted by Crippen LogP contribution is 1.97. The van der Waals surface area contributed by atoms with Crippen LogP contribution in [-0.4, -0.2) is 21.5 Å². The predicted octanol–water partition coefficient (Wildman–Crippen LogP) is -0.360. The number of urea groups is 1. The summed E-state index contributed by atoms with van der Waals surface area (Å²) in [5.41, 5.74) is 4.80. The average molecular weight is 196 g/mol. The molecule has 1 aromatic rings. The Balaban J connectivity index is 2.60. The van der Waals surface area contributed by atoms with Crippen molar-refractivity contribution in [3.63, 3.8) is 0 Å². The molecule has 6 heteroatoms. The van der Waals surface area contributed by atoms with Crippen molar-refractivity contribution in [2.45, 2.75) is 19.9 Å². The van der Waals surface area contributed by atoms with Crippen LogP contribution in [0.5, 0.6) is 0 Å². The van der Waals surface area contributed by atoms with E-state index in [2.05, 4.69) is 4.98 Å². The van der Waals surface area contributed by atoms with Crippen LogP contribution in [0.2, 0.25) is 0 Å². The number of primary amides is 1. The van der Waals surface area contributed by atoms with Crippen molar-refractivity contribution >= 4 is 11.9 Å². The molecule has 0 atom stereocenters. The van der Waals surface area contributed by atoms with E-state index in [1.54, 1.807) is 17.0 Å². The summed E-state index contributed by atoms with van der Waals surface area (Å²) in [5, 5.41) is 1.98. The van der Waals surface area contributed by atoms with Gasteiger partial charge in [0.2, 0.25) is 5.91 Å². The van der Waals surface area contributed by atoms with Gasteiger partial charge in [-0.3, -0.25) is 10.1 Å². The van der Waals surface area contributed by atoms with Gasteiger partial charge in [-0.15, -0.1) is 0 Å². The van der Waals surface area contributed by atoms with Gasteiger partial charge in [-0.05, 0) is 0 Å². The number of imidazole rings is 1. The summed E-state index contributed by atoms with van der Waals surface area (Å²) < 4.78 is 1.66. The fraction of sp³-hybridized carbons (Fsp3) is 0.375.